The Morgan fingerprint density at radius 2 is 2.39 bits per heavy atom. The minimum absolute atomic E-state index is 0.349. The Balaban J connectivity index is 2.50. The molecule has 94 valence electrons. The molecule has 4 nitrogen and oxygen atoms in total. The zero-order valence-electron chi connectivity index (χ0n) is 9.94. The van der Waals surface area contributed by atoms with E-state index in [1.165, 1.54) is 6.08 Å². The molecule has 0 heterocycles. The molecule has 0 aliphatic carbocycles. The molecular weight excluding hydrogens is 296 g/mol. The smallest absolute Gasteiger partial charge is 0.330 e. The summed E-state index contributed by atoms with van der Waals surface area (Å²) in [5.41, 5.74) is 1.46. The Bertz CT molecular complexity index is 492. The van der Waals surface area contributed by atoms with E-state index in [9.17, 15) is 4.79 Å². The number of carbonyl (C=O) groups is 1. The molecule has 0 amide bonds. The average molecular weight is 309 g/mol. The summed E-state index contributed by atoms with van der Waals surface area (Å²) in [5.74, 6) is -0.349. The van der Waals surface area contributed by atoms with Crippen molar-refractivity contribution in [2.75, 3.05) is 18.5 Å². The molecule has 0 aromatic heterocycles. The first-order valence-electron chi connectivity index (χ1n) is 5.44. The van der Waals surface area contributed by atoms with Gasteiger partial charge in [-0.2, -0.15) is 5.26 Å². The van der Waals surface area contributed by atoms with E-state index in [4.69, 9.17) is 10.00 Å². The van der Waals surface area contributed by atoms with Crippen LogP contribution in [0.3, 0.4) is 0 Å². The first-order valence-corrected chi connectivity index (χ1v) is 6.23. The van der Waals surface area contributed by atoms with Crippen molar-refractivity contribution in [1.29, 1.82) is 5.26 Å². The molecule has 1 aromatic rings. The molecule has 1 N–H and O–H groups in total. The molecular formula is C13H13BrN2O2. The minimum Gasteiger partial charge on any atom is -0.463 e. The molecule has 0 saturated carbocycles. The van der Waals surface area contributed by atoms with Crippen LogP contribution < -0.4 is 5.32 Å². The molecule has 0 atom stereocenters. The third-order valence-electron chi connectivity index (χ3n) is 2.05. The average Bonchev–Trinajstić information content (AvgIpc) is 2.36. The van der Waals surface area contributed by atoms with E-state index in [2.05, 4.69) is 27.3 Å². The number of anilines is 1. The van der Waals surface area contributed by atoms with Crippen LogP contribution in [0.15, 0.2) is 34.8 Å². The van der Waals surface area contributed by atoms with E-state index in [-0.39, 0.29) is 5.97 Å². The zero-order valence-corrected chi connectivity index (χ0v) is 11.5. The monoisotopic (exact) mass is 308 g/mol. The molecule has 0 aliphatic heterocycles. The number of hydrogen-bond donors (Lipinski definition) is 1. The fourth-order valence-corrected chi connectivity index (χ4v) is 1.76. The van der Waals surface area contributed by atoms with Crippen LogP contribution in [0.4, 0.5) is 5.69 Å². The van der Waals surface area contributed by atoms with Crippen molar-refractivity contribution >= 4 is 27.6 Å². The Kier molecular flexibility index (Phi) is 5.95. The molecule has 0 unspecified atom stereocenters. The molecule has 0 spiro atoms. The van der Waals surface area contributed by atoms with Crippen molar-refractivity contribution in [3.8, 4) is 6.07 Å². The Hall–Kier alpha value is -1.80. The van der Waals surface area contributed by atoms with Crippen LogP contribution in [-0.2, 0) is 9.53 Å². The van der Waals surface area contributed by atoms with Crippen LogP contribution in [0.25, 0.3) is 0 Å². The van der Waals surface area contributed by atoms with Gasteiger partial charge in [0.2, 0.25) is 0 Å². The van der Waals surface area contributed by atoms with Crippen LogP contribution in [0.2, 0.25) is 0 Å². The number of nitrogens with zero attached hydrogens (tertiary/aromatic N) is 1. The van der Waals surface area contributed by atoms with E-state index in [0.29, 0.717) is 18.7 Å². The highest BCUT2D eigenvalue weighted by molar-refractivity contribution is 9.10. The maximum Gasteiger partial charge on any atom is 0.330 e. The summed E-state index contributed by atoms with van der Waals surface area (Å²) in [5, 5.41) is 11.8. The predicted octanol–water partition coefficient (Wildman–Crippen LogP) is 2.85. The quantitative estimate of drug-likeness (QED) is 0.671. The number of halogens is 1. The largest absolute Gasteiger partial charge is 0.463 e. The van der Waals surface area contributed by atoms with Gasteiger partial charge in [-0.05, 0) is 41.1 Å². The van der Waals surface area contributed by atoms with Gasteiger partial charge in [-0.15, -0.1) is 0 Å². The number of ether oxygens (including phenoxy) is 1. The normalized spacial score (nSPS) is 10.1. The molecule has 1 aromatic carbocycles. The van der Waals surface area contributed by atoms with E-state index in [1.807, 2.05) is 0 Å². The number of nitrogens with one attached hydrogen (secondary N) is 1. The van der Waals surface area contributed by atoms with Gasteiger partial charge in [0.15, 0.2) is 0 Å². The molecule has 1 rings (SSSR count). The Labute approximate surface area is 114 Å². The van der Waals surface area contributed by atoms with E-state index < -0.39 is 0 Å². The van der Waals surface area contributed by atoms with Crippen molar-refractivity contribution in [3.05, 3.63) is 40.4 Å². The molecule has 0 saturated heterocycles. The van der Waals surface area contributed by atoms with Crippen LogP contribution >= 0.6 is 15.9 Å². The second-order valence-corrected chi connectivity index (χ2v) is 4.20. The first kappa shape index (κ1) is 14.3. The number of nitriles is 1. The Morgan fingerprint density at radius 1 is 1.61 bits per heavy atom. The lowest BCUT2D eigenvalue weighted by Gasteiger charge is -2.06. The van der Waals surface area contributed by atoms with Gasteiger partial charge in [0.1, 0.15) is 0 Å². The molecule has 5 heteroatoms. The molecule has 0 radical (unpaired) electrons. The third kappa shape index (κ3) is 4.60. The van der Waals surface area contributed by atoms with Crippen LogP contribution in [0.5, 0.6) is 0 Å². The molecule has 0 aliphatic rings. The number of hydrogen-bond acceptors (Lipinski definition) is 4. The van der Waals surface area contributed by atoms with Gasteiger partial charge in [0.25, 0.3) is 0 Å². The summed E-state index contributed by atoms with van der Waals surface area (Å²) in [4.78, 5) is 11.0. The highest BCUT2D eigenvalue weighted by Gasteiger charge is 1.99. The van der Waals surface area contributed by atoms with Gasteiger partial charge in [0, 0.05) is 22.8 Å². The van der Waals surface area contributed by atoms with Gasteiger partial charge in [-0.1, -0.05) is 6.08 Å². The highest BCUT2D eigenvalue weighted by Crippen LogP contribution is 2.23. The lowest BCUT2D eigenvalue weighted by molar-refractivity contribution is -0.137. The standard InChI is InChI=1S/C13H13BrN2O2/c1-2-18-13(17)4-3-7-16-12-6-5-10(9-15)8-11(12)14/h3-6,8,16H,2,7H2,1H3/b4-3+. The fourth-order valence-electron chi connectivity index (χ4n) is 1.24. The summed E-state index contributed by atoms with van der Waals surface area (Å²) < 4.78 is 5.56. The van der Waals surface area contributed by atoms with Gasteiger partial charge in [0.05, 0.1) is 18.2 Å². The molecule has 0 fully saturated rings. The zero-order chi connectivity index (χ0) is 13.4. The topological polar surface area (TPSA) is 62.1 Å². The third-order valence-corrected chi connectivity index (χ3v) is 2.71. The summed E-state index contributed by atoms with van der Waals surface area (Å²) in [6, 6.07) is 7.32. The van der Waals surface area contributed by atoms with Gasteiger partial charge < -0.3 is 10.1 Å². The van der Waals surface area contributed by atoms with E-state index in [0.717, 1.165) is 10.2 Å². The van der Waals surface area contributed by atoms with Crippen molar-refractivity contribution in [3.63, 3.8) is 0 Å². The second-order valence-electron chi connectivity index (χ2n) is 3.34. The summed E-state index contributed by atoms with van der Waals surface area (Å²) in [6.45, 7) is 2.64. The van der Waals surface area contributed by atoms with Crippen molar-refractivity contribution in [2.45, 2.75) is 6.92 Å². The van der Waals surface area contributed by atoms with E-state index in [1.54, 1.807) is 31.2 Å². The summed E-state index contributed by atoms with van der Waals surface area (Å²) in [7, 11) is 0. The SMILES string of the molecule is CCOC(=O)/C=C/CNc1ccc(C#N)cc1Br. The molecule has 0 bridgehead atoms. The maximum atomic E-state index is 11.0. The first-order chi connectivity index (χ1) is 8.67. The fraction of sp³-hybridized carbons (Fsp3) is 0.231. The van der Waals surface area contributed by atoms with Crippen LogP contribution in [-0.4, -0.2) is 19.1 Å². The number of rotatable bonds is 5. The molecule has 18 heavy (non-hydrogen) atoms. The summed E-state index contributed by atoms with van der Waals surface area (Å²) >= 11 is 3.36. The van der Waals surface area contributed by atoms with Gasteiger partial charge >= 0.3 is 5.97 Å². The van der Waals surface area contributed by atoms with Crippen molar-refractivity contribution < 1.29 is 9.53 Å². The van der Waals surface area contributed by atoms with Crippen LogP contribution in [0.1, 0.15) is 12.5 Å². The Morgan fingerprint density at radius 3 is 3.00 bits per heavy atom. The number of esters is 1. The predicted molar refractivity (Wildman–Crippen MR) is 73.1 cm³/mol. The van der Waals surface area contributed by atoms with Crippen LogP contribution in [0, 0.1) is 11.3 Å². The van der Waals surface area contributed by atoms with Crippen molar-refractivity contribution in [2.24, 2.45) is 0 Å². The highest BCUT2D eigenvalue weighted by atomic mass is 79.9. The number of carbonyl (C=O) groups excluding carboxylic acids is 1. The van der Waals surface area contributed by atoms with Gasteiger partial charge in [-0.25, -0.2) is 4.79 Å². The summed E-state index contributed by atoms with van der Waals surface area (Å²) in [6.07, 6.45) is 3.07. The number of benzene rings is 1. The van der Waals surface area contributed by atoms with E-state index >= 15 is 0 Å². The second kappa shape index (κ2) is 7.51. The van der Waals surface area contributed by atoms with Gasteiger partial charge in [-0.3, -0.25) is 0 Å². The van der Waals surface area contributed by atoms with Crippen molar-refractivity contribution in [1.82, 2.24) is 0 Å². The minimum atomic E-state index is -0.349. The lowest BCUT2D eigenvalue weighted by Crippen LogP contribution is -2.02. The lowest BCUT2D eigenvalue weighted by atomic mass is 10.2. The maximum absolute atomic E-state index is 11.0.